The molecule has 0 saturated heterocycles. The molecule has 190 valence electrons. The van der Waals surface area contributed by atoms with Gasteiger partial charge in [0, 0.05) is 18.4 Å². The number of carbonyl (C=O) groups excluding carboxylic acids is 1. The molecule has 0 bridgehead atoms. The molecular formula is C30H46O4. The third-order valence-corrected chi connectivity index (χ3v) is 13.1. The summed E-state index contributed by atoms with van der Waals surface area (Å²) in [7, 11) is 0. The number of aliphatic hydroxyl groups is 1. The van der Waals surface area contributed by atoms with E-state index in [9.17, 15) is 19.8 Å². The molecule has 5 rings (SSSR count). The van der Waals surface area contributed by atoms with Crippen molar-refractivity contribution in [3.8, 4) is 0 Å². The molecular weight excluding hydrogens is 424 g/mol. The fourth-order valence-electron chi connectivity index (χ4n) is 10.5. The van der Waals surface area contributed by atoms with Gasteiger partial charge >= 0.3 is 5.97 Å². The molecule has 0 aromatic heterocycles. The second kappa shape index (κ2) is 7.20. The minimum Gasteiger partial charge on any atom is -0.481 e. The highest BCUT2D eigenvalue weighted by molar-refractivity contribution is 5.85. The van der Waals surface area contributed by atoms with E-state index in [0.717, 1.165) is 51.4 Å². The summed E-state index contributed by atoms with van der Waals surface area (Å²) in [4.78, 5) is 25.7. The van der Waals surface area contributed by atoms with Crippen molar-refractivity contribution >= 4 is 11.8 Å². The van der Waals surface area contributed by atoms with Gasteiger partial charge in [-0.05, 0) is 97.2 Å². The van der Waals surface area contributed by atoms with E-state index >= 15 is 0 Å². The number of hydrogen-bond acceptors (Lipinski definition) is 3. The summed E-state index contributed by atoms with van der Waals surface area (Å²) in [6.45, 7) is 14.1. The molecule has 0 aromatic rings. The average Bonchev–Trinajstić information content (AvgIpc) is 2.77. The Kier molecular flexibility index (Phi) is 5.20. The highest BCUT2D eigenvalue weighted by atomic mass is 16.4. The van der Waals surface area contributed by atoms with Crippen LogP contribution in [0.3, 0.4) is 0 Å². The monoisotopic (exact) mass is 470 g/mol. The van der Waals surface area contributed by atoms with Crippen LogP contribution in [0.2, 0.25) is 0 Å². The normalized spacial score (nSPS) is 51.9. The third kappa shape index (κ3) is 2.81. The van der Waals surface area contributed by atoms with Gasteiger partial charge in [0.25, 0.3) is 0 Å². The minimum atomic E-state index is -0.677. The molecule has 34 heavy (non-hydrogen) atoms. The van der Waals surface area contributed by atoms with Gasteiger partial charge < -0.3 is 10.2 Å². The molecule has 0 aliphatic heterocycles. The predicted octanol–water partition coefficient (Wildman–Crippen LogP) is 6.41. The highest BCUT2D eigenvalue weighted by Crippen LogP contribution is 2.75. The molecule has 5 aliphatic carbocycles. The van der Waals surface area contributed by atoms with Crippen molar-refractivity contribution in [2.75, 3.05) is 6.61 Å². The van der Waals surface area contributed by atoms with E-state index < -0.39 is 11.4 Å². The first-order valence-electron chi connectivity index (χ1n) is 13.8. The van der Waals surface area contributed by atoms with E-state index in [1.165, 1.54) is 5.57 Å². The lowest BCUT2D eigenvalue weighted by Gasteiger charge is -2.70. The van der Waals surface area contributed by atoms with Crippen LogP contribution in [0.1, 0.15) is 106 Å². The lowest BCUT2D eigenvalue weighted by molar-refractivity contribution is -0.190. The Morgan fingerprint density at radius 2 is 1.65 bits per heavy atom. The number of Topliss-reactive ketones (excluding diaryl/α,β-unsaturated/α-hetero) is 1. The smallest absolute Gasteiger partial charge is 0.310 e. The van der Waals surface area contributed by atoms with Crippen LogP contribution in [0.4, 0.5) is 0 Å². The number of rotatable bonds is 2. The maximum atomic E-state index is 12.9. The molecule has 0 radical (unpaired) electrons. The predicted molar refractivity (Wildman–Crippen MR) is 133 cm³/mol. The second-order valence-corrected chi connectivity index (χ2v) is 14.6. The van der Waals surface area contributed by atoms with Crippen molar-refractivity contribution in [2.24, 2.45) is 50.2 Å². The zero-order valence-corrected chi connectivity index (χ0v) is 22.3. The van der Waals surface area contributed by atoms with Gasteiger partial charge in [-0.25, -0.2) is 0 Å². The fourth-order valence-corrected chi connectivity index (χ4v) is 10.5. The van der Waals surface area contributed by atoms with Gasteiger partial charge in [0.15, 0.2) is 0 Å². The topological polar surface area (TPSA) is 74.6 Å². The number of carbonyl (C=O) groups is 2. The van der Waals surface area contributed by atoms with Gasteiger partial charge in [0.05, 0.1) is 5.41 Å². The summed E-state index contributed by atoms with van der Waals surface area (Å²) in [5, 5.41) is 20.7. The number of carboxylic acid groups (broad SMARTS) is 1. The van der Waals surface area contributed by atoms with Gasteiger partial charge in [-0.15, -0.1) is 0 Å². The molecule has 0 unspecified atom stereocenters. The van der Waals surface area contributed by atoms with Crippen molar-refractivity contribution in [1.29, 1.82) is 0 Å². The Bertz CT molecular complexity index is 949. The SMILES string of the molecule is CC1(C)C(=O)CC[C@]2(C)[C@H]3CC=C4[C@H]5C[C@](C)(CO)CC[C@]5(C(=O)O)CC[C@@]4(C)[C@]3(C)CC[C@@H]12. The van der Waals surface area contributed by atoms with E-state index in [1.54, 1.807) is 0 Å². The fraction of sp³-hybridized carbons (Fsp3) is 0.867. The van der Waals surface area contributed by atoms with Crippen molar-refractivity contribution < 1.29 is 19.8 Å². The lowest BCUT2D eigenvalue weighted by atomic mass is 9.33. The third-order valence-electron chi connectivity index (χ3n) is 13.1. The first kappa shape index (κ1) is 24.5. The average molecular weight is 471 g/mol. The van der Waals surface area contributed by atoms with E-state index in [4.69, 9.17) is 0 Å². The van der Waals surface area contributed by atoms with E-state index in [1.807, 2.05) is 0 Å². The standard InChI is InChI=1S/C30H46O4/c1-25(2)21-9-12-29(6)22(27(21,4)11-10-23(25)32)8-7-19-20-17-26(3,18-31)13-15-30(20,24(33)34)16-14-28(19,29)5/h7,20-22,31H,8-18H2,1-6H3,(H,33,34)/t20-,21+,22-,26-,27+,28-,29-,30+/m1/s1. The summed E-state index contributed by atoms with van der Waals surface area (Å²) < 4.78 is 0. The minimum absolute atomic E-state index is 0.0160. The summed E-state index contributed by atoms with van der Waals surface area (Å²) in [5.41, 5.74) is 0.497. The first-order valence-corrected chi connectivity index (χ1v) is 13.8. The van der Waals surface area contributed by atoms with E-state index in [2.05, 4.69) is 47.6 Å². The van der Waals surface area contributed by atoms with Crippen LogP contribution in [0.5, 0.6) is 0 Å². The summed E-state index contributed by atoms with van der Waals surface area (Å²) in [5.74, 6) is 0.765. The number of hydrogen-bond donors (Lipinski definition) is 2. The number of allylic oxidation sites excluding steroid dienone is 2. The summed E-state index contributed by atoms with van der Waals surface area (Å²) >= 11 is 0. The van der Waals surface area contributed by atoms with Crippen molar-refractivity contribution in [1.82, 2.24) is 0 Å². The molecule has 4 nitrogen and oxygen atoms in total. The van der Waals surface area contributed by atoms with Gasteiger partial charge in [0.2, 0.25) is 0 Å². The van der Waals surface area contributed by atoms with Crippen LogP contribution >= 0.6 is 0 Å². The zero-order chi connectivity index (χ0) is 24.9. The van der Waals surface area contributed by atoms with Crippen molar-refractivity contribution in [3.63, 3.8) is 0 Å². The Balaban J connectivity index is 1.60. The Labute approximate surface area is 206 Å². The zero-order valence-electron chi connectivity index (χ0n) is 22.3. The molecule has 0 spiro atoms. The number of carboxylic acids is 1. The largest absolute Gasteiger partial charge is 0.481 e. The van der Waals surface area contributed by atoms with Crippen LogP contribution in [-0.2, 0) is 9.59 Å². The van der Waals surface area contributed by atoms with Crippen LogP contribution in [0, 0.1) is 50.2 Å². The second-order valence-electron chi connectivity index (χ2n) is 14.6. The Hall–Kier alpha value is -1.16. The van der Waals surface area contributed by atoms with Gasteiger partial charge in [-0.2, -0.15) is 0 Å². The molecule has 0 heterocycles. The summed E-state index contributed by atoms with van der Waals surface area (Å²) in [6.07, 6.45) is 11.3. The van der Waals surface area contributed by atoms with Gasteiger partial charge in [-0.1, -0.05) is 53.2 Å². The lowest BCUT2D eigenvalue weighted by Crippen LogP contribution is -2.64. The van der Waals surface area contributed by atoms with Crippen LogP contribution < -0.4 is 0 Å². The number of fused-ring (bicyclic) bond motifs is 7. The molecule has 0 aromatic carbocycles. The molecule has 4 saturated carbocycles. The van der Waals surface area contributed by atoms with Crippen LogP contribution in [0.25, 0.3) is 0 Å². The number of aliphatic hydroxyl groups excluding tert-OH is 1. The first-order chi connectivity index (χ1) is 15.7. The molecule has 0 amide bonds. The van der Waals surface area contributed by atoms with E-state index in [0.29, 0.717) is 30.5 Å². The van der Waals surface area contributed by atoms with E-state index in [-0.39, 0.29) is 39.6 Å². The Morgan fingerprint density at radius 3 is 2.29 bits per heavy atom. The molecule has 5 aliphatic rings. The van der Waals surface area contributed by atoms with Crippen LogP contribution in [-0.4, -0.2) is 28.6 Å². The highest BCUT2D eigenvalue weighted by Gasteiger charge is 2.69. The molecule has 4 fully saturated rings. The van der Waals surface area contributed by atoms with Gasteiger partial charge in [-0.3, -0.25) is 9.59 Å². The summed E-state index contributed by atoms with van der Waals surface area (Å²) in [6, 6.07) is 0. The molecule has 4 heteroatoms. The molecule has 8 atom stereocenters. The van der Waals surface area contributed by atoms with Crippen molar-refractivity contribution in [3.05, 3.63) is 11.6 Å². The maximum Gasteiger partial charge on any atom is 0.310 e. The van der Waals surface area contributed by atoms with Crippen LogP contribution in [0.15, 0.2) is 11.6 Å². The van der Waals surface area contributed by atoms with Gasteiger partial charge in [0.1, 0.15) is 5.78 Å². The quantitative estimate of drug-likeness (QED) is 0.457. The maximum absolute atomic E-state index is 12.9. The number of ketones is 1. The Morgan fingerprint density at radius 1 is 0.971 bits per heavy atom. The van der Waals surface area contributed by atoms with Crippen molar-refractivity contribution in [2.45, 2.75) is 106 Å². The molecule has 2 N–H and O–H groups in total. The number of aliphatic carboxylic acids is 1.